The second kappa shape index (κ2) is 6.38. The number of aromatic nitrogens is 1. The number of aromatic amines is 1. The Balaban J connectivity index is 2.26. The number of rotatable bonds is 6. The first kappa shape index (κ1) is 15.7. The van der Waals surface area contributed by atoms with Gasteiger partial charge in [-0.3, -0.25) is 4.79 Å². The van der Waals surface area contributed by atoms with Crippen molar-refractivity contribution in [1.82, 2.24) is 14.6 Å². The van der Waals surface area contributed by atoms with Gasteiger partial charge in [-0.05, 0) is 32.7 Å². The molecule has 2 rings (SSSR count). The van der Waals surface area contributed by atoms with Crippen molar-refractivity contribution in [2.24, 2.45) is 0 Å². The molecule has 0 bridgehead atoms. The molecule has 2 heterocycles. The van der Waals surface area contributed by atoms with E-state index in [9.17, 15) is 13.2 Å². The fourth-order valence-corrected chi connectivity index (χ4v) is 5.48. The minimum Gasteiger partial charge on any atom is -0.315 e. The number of thiazole rings is 1. The summed E-state index contributed by atoms with van der Waals surface area (Å²) < 4.78 is 27.0. The van der Waals surface area contributed by atoms with Crippen LogP contribution in [0, 0.1) is 6.92 Å². The van der Waals surface area contributed by atoms with Gasteiger partial charge in [-0.15, -0.1) is 0 Å². The fourth-order valence-electron chi connectivity index (χ4n) is 2.47. The number of nitrogens with one attached hydrogen (secondary N) is 2. The van der Waals surface area contributed by atoms with Crippen LogP contribution in [0.3, 0.4) is 0 Å². The molecule has 0 amide bonds. The van der Waals surface area contributed by atoms with Gasteiger partial charge in [0.2, 0.25) is 0 Å². The Kier molecular flexibility index (Phi) is 5.00. The SMILES string of the molecule is CCCN(CC1CCCN1)S(=O)(=O)c1sc(=O)[nH]c1C. The molecule has 1 atom stereocenters. The van der Waals surface area contributed by atoms with Crippen LogP contribution in [0.15, 0.2) is 9.00 Å². The maximum atomic E-state index is 12.7. The van der Waals surface area contributed by atoms with Gasteiger partial charge in [-0.25, -0.2) is 8.42 Å². The van der Waals surface area contributed by atoms with Crippen LogP contribution in [0.5, 0.6) is 0 Å². The summed E-state index contributed by atoms with van der Waals surface area (Å²) in [5, 5.41) is 3.32. The monoisotopic (exact) mass is 319 g/mol. The van der Waals surface area contributed by atoms with Crippen molar-refractivity contribution in [3.8, 4) is 0 Å². The van der Waals surface area contributed by atoms with Crippen LogP contribution in [0.1, 0.15) is 31.9 Å². The lowest BCUT2D eigenvalue weighted by atomic mass is 10.2. The lowest BCUT2D eigenvalue weighted by Gasteiger charge is -2.24. The maximum absolute atomic E-state index is 12.7. The van der Waals surface area contributed by atoms with Crippen molar-refractivity contribution in [3.05, 3.63) is 15.4 Å². The summed E-state index contributed by atoms with van der Waals surface area (Å²) in [6, 6.07) is 0.215. The summed E-state index contributed by atoms with van der Waals surface area (Å²) >= 11 is 0.772. The average molecular weight is 319 g/mol. The van der Waals surface area contributed by atoms with Gasteiger partial charge in [0, 0.05) is 24.8 Å². The number of nitrogens with zero attached hydrogens (tertiary/aromatic N) is 1. The van der Waals surface area contributed by atoms with Crippen molar-refractivity contribution in [3.63, 3.8) is 0 Å². The van der Waals surface area contributed by atoms with E-state index in [1.54, 1.807) is 6.92 Å². The summed E-state index contributed by atoms with van der Waals surface area (Å²) in [5.74, 6) is 0. The first-order valence-corrected chi connectivity index (χ1v) is 9.14. The van der Waals surface area contributed by atoms with E-state index in [-0.39, 0.29) is 15.1 Å². The first-order chi connectivity index (χ1) is 9.45. The van der Waals surface area contributed by atoms with E-state index < -0.39 is 10.0 Å². The molecular weight excluding hydrogens is 298 g/mol. The number of hydrogen-bond donors (Lipinski definition) is 2. The van der Waals surface area contributed by atoms with Crippen LogP contribution in [0.2, 0.25) is 0 Å². The van der Waals surface area contributed by atoms with Gasteiger partial charge in [-0.2, -0.15) is 4.31 Å². The normalized spacial score (nSPS) is 19.9. The number of hydrogen-bond acceptors (Lipinski definition) is 5. The van der Waals surface area contributed by atoms with Crippen LogP contribution in [0.25, 0.3) is 0 Å². The molecule has 20 heavy (non-hydrogen) atoms. The second-order valence-electron chi connectivity index (χ2n) is 5.08. The van der Waals surface area contributed by atoms with Crippen molar-refractivity contribution in [2.75, 3.05) is 19.6 Å². The largest absolute Gasteiger partial charge is 0.315 e. The molecule has 0 spiro atoms. The predicted molar refractivity (Wildman–Crippen MR) is 79.8 cm³/mol. The quantitative estimate of drug-likeness (QED) is 0.816. The Bertz CT molecular complexity index is 600. The van der Waals surface area contributed by atoms with Gasteiger partial charge in [-0.1, -0.05) is 18.3 Å². The zero-order valence-electron chi connectivity index (χ0n) is 11.8. The first-order valence-electron chi connectivity index (χ1n) is 6.88. The molecule has 1 unspecified atom stereocenters. The zero-order valence-corrected chi connectivity index (χ0v) is 13.4. The highest BCUT2D eigenvalue weighted by atomic mass is 32.2. The standard InChI is InChI=1S/C12H21N3O3S2/c1-3-7-15(8-10-5-4-6-13-10)20(17,18)11-9(2)14-12(16)19-11/h10,13H,3-8H2,1-2H3,(H,14,16). The van der Waals surface area contributed by atoms with Gasteiger partial charge in [0.15, 0.2) is 4.21 Å². The van der Waals surface area contributed by atoms with Crippen LogP contribution in [-0.2, 0) is 10.0 Å². The number of sulfonamides is 1. The lowest BCUT2D eigenvalue weighted by Crippen LogP contribution is -2.41. The highest BCUT2D eigenvalue weighted by Crippen LogP contribution is 2.22. The average Bonchev–Trinajstić information content (AvgIpc) is 2.98. The van der Waals surface area contributed by atoms with E-state index in [0.717, 1.165) is 37.1 Å². The highest BCUT2D eigenvalue weighted by Gasteiger charge is 2.30. The Hall–Kier alpha value is -0.700. The molecule has 1 aliphatic rings. The maximum Gasteiger partial charge on any atom is 0.305 e. The summed E-state index contributed by atoms with van der Waals surface area (Å²) in [7, 11) is -3.58. The summed E-state index contributed by atoms with van der Waals surface area (Å²) in [4.78, 5) is 13.6. The van der Waals surface area contributed by atoms with Crippen molar-refractivity contribution >= 4 is 21.4 Å². The molecule has 0 aliphatic carbocycles. The summed E-state index contributed by atoms with van der Waals surface area (Å²) in [5.41, 5.74) is 0.431. The molecule has 1 aromatic rings. The Morgan fingerprint density at radius 1 is 1.45 bits per heavy atom. The molecule has 0 saturated carbocycles. The summed E-state index contributed by atoms with van der Waals surface area (Å²) in [6.45, 7) is 5.48. The van der Waals surface area contributed by atoms with Gasteiger partial charge >= 0.3 is 4.87 Å². The third-order valence-corrected chi connectivity index (χ3v) is 6.86. The Morgan fingerprint density at radius 2 is 2.20 bits per heavy atom. The molecule has 2 N–H and O–H groups in total. The molecule has 1 aromatic heterocycles. The van der Waals surface area contributed by atoms with E-state index in [4.69, 9.17) is 0 Å². The van der Waals surface area contributed by atoms with Gasteiger partial charge in [0.25, 0.3) is 10.0 Å². The highest BCUT2D eigenvalue weighted by molar-refractivity contribution is 7.91. The zero-order chi connectivity index (χ0) is 14.8. The Labute approximate surface area is 123 Å². The van der Waals surface area contributed by atoms with Gasteiger partial charge in [0.05, 0.1) is 0 Å². The smallest absolute Gasteiger partial charge is 0.305 e. The molecule has 8 heteroatoms. The van der Waals surface area contributed by atoms with Crippen LogP contribution in [0.4, 0.5) is 0 Å². The Morgan fingerprint density at radius 3 is 2.70 bits per heavy atom. The van der Waals surface area contributed by atoms with Crippen LogP contribution in [-0.4, -0.2) is 43.4 Å². The van der Waals surface area contributed by atoms with E-state index in [1.807, 2.05) is 6.92 Å². The topological polar surface area (TPSA) is 82.3 Å². The van der Waals surface area contributed by atoms with Crippen molar-refractivity contribution < 1.29 is 8.42 Å². The molecule has 114 valence electrons. The molecule has 1 aliphatic heterocycles. The minimum atomic E-state index is -3.58. The molecule has 0 aromatic carbocycles. The third kappa shape index (κ3) is 3.30. The van der Waals surface area contributed by atoms with Crippen molar-refractivity contribution in [1.29, 1.82) is 0 Å². The minimum absolute atomic E-state index is 0.147. The van der Waals surface area contributed by atoms with E-state index in [2.05, 4.69) is 10.3 Å². The second-order valence-corrected chi connectivity index (χ2v) is 8.20. The van der Waals surface area contributed by atoms with Crippen LogP contribution >= 0.6 is 11.3 Å². The molecule has 0 radical (unpaired) electrons. The van der Waals surface area contributed by atoms with E-state index in [1.165, 1.54) is 4.31 Å². The van der Waals surface area contributed by atoms with E-state index >= 15 is 0 Å². The van der Waals surface area contributed by atoms with Crippen molar-refractivity contribution in [2.45, 2.75) is 43.4 Å². The van der Waals surface area contributed by atoms with Gasteiger partial charge in [0.1, 0.15) is 0 Å². The fraction of sp³-hybridized carbons (Fsp3) is 0.750. The number of H-pyrrole nitrogens is 1. The van der Waals surface area contributed by atoms with Gasteiger partial charge < -0.3 is 10.3 Å². The lowest BCUT2D eigenvalue weighted by molar-refractivity contribution is 0.370. The predicted octanol–water partition coefficient (Wildman–Crippen LogP) is 0.898. The third-order valence-electron chi connectivity index (χ3n) is 3.41. The van der Waals surface area contributed by atoms with E-state index in [0.29, 0.717) is 18.8 Å². The molecule has 1 fully saturated rings. The summed E-state index contributed by atoms with van der Waals surface area (Å²) in [6.07, 6.45) is 2.84. The van der Waals surface area contributed by atoms with Crippen LogP contribution < -0.4 is 10.2 Å². The number of aryl methyl sites for hydroxylation is 1. The molecular formula is C12H21N3O3S2. The molecule has 6 nitrogen and oxygen atoms in total. The molecule has 1 saturated heterocycles.